The van der Waals surface area contributed by atoms with Crippen molar-refractivity contribution in [2.45, 2.75) is 30.3 Å². The molecule has 0 aliphatic rings. The Morgan fingerprint density at radius 3 is 2.36 bits per heavy atom. The standard InChI is InChI=1S/C19H19N3O2S/c1-12(2)22-18(24)14-10-6-7-11-15(14)21-19(22)25-16(17(20)23)13-8-4-3-5-9-13/h3-12,16H,1-2H3,(H2,20,23). The van der Waals surface area contributed by atoms with Gasteiger partial charge in [-0.2, -0.15) is 0 Å². The average molecular weight is 353 g/mol. The van der Waals surface area contributed by atoms with Gasteiger partial charge in [-0.25, -0.2) is 4.98 Å². The molecule has 0 saturated heterocycles. The fourth-order valence-corrected chi connectivity index (χ4v) is 3.87. The number of amides is 1. The van der Waals surface area contributed by atoms with Gasteiger partial charge in [0.25, 0.3) is 5.56 Å². The number of thioether (sulfide) groups is 1. The molecule has 6 heteroatoms. The van der Waals surface area contributed by atoms with Crippen molar-refractivity contribution in [3.05, 3.63) is 70.5 Å². The van der Waals surface area contributed by atoms with Crippen LogP contribution >= 0.6 is 11.8 Å². The summed E-state index contributed by atoms with van der Waals surface area (Å²) in [5.74, 6) is -0.464. The number of hydrogen-bond donors (Lipinski definition) is 1. The highest BCUT2D eigenvalue weighted by Crippen LogP contribution is 2.34. The van der Waals surface area contributed by atoms with Crippen molar-refractivity contribution in [3.8, 4) is 0 Å². The monoisotopic (exact) mass is 353 g/mol. The molecule has 5 nitrogen and oxygen atoms in total. The van der Waals surface area contributed by atoms with Crippen LogP contribution in [0.25, 0.3) is 10.9 Å². The number of carbonyl (C=O) groups excluding carboxylic acids is 1. The van der Waals surface area contributed by atoms with Crippen LogP contribution in [0.3, 0.4) is 0 Å². The van der Waals surface area contributed by atoms with Crippen LogP contribution in [-0.4, -0.2) is 15.5 Å². The molecule has 1 amide bonds. The van der Waals surface area contributed by atoms with Crippen LogP contribution in [0.1, 0.15) is 30.7 Å². The molecule has 0 aliphatic carbocycles. The molecule has 25 heavy (non-hydrogen) atoms. The quantitative estimate of drug-likeness (QED) is 0.564. The number of hydrogen-bond acceptors (Lipinski definition) is 4. The van der Waals surface area contributed by atoms with Gasteiger partial charge in [-0.1, -0.05) is 54.2 Å². The van der Waals surface area contributed by atoms with Gasteiger partial charge in [0.05, 0.1) is 10.9 Å². The molecule has 1 aromatic heterocycles. The lowest BCUT2D eigenvalue weighted by Crippen LogP contribution is -2.26. The molecule has 0 saturated carbocycles. The van der Waals surface area contributed by atoms with Gasteiger partial charge in [-0.05, 0) is 31.5 Å². The second-order valence-corrected chi connectivity index (χ2v) is 7.06. The summed E-state index contributed by atoms with van der Waals surface area (Å²) in [6, 6.07) is 16.4. The van der Waals surface area contributed by atoms with E-state index < -0.39 is 11.2 Å². The molecule has 128 valence electrons. The Balaban J connectivity index is 2.15. The lowest BCUT2D eigenvalue weighted by Gasteiger charge is -2.19. The fraction of sp³-hybridized carbons (Fsp3) is 0.211. The SMILES string of the molecule is CC(C)n1c(SC(C(N)=O)c2ccccc2)nc2ccccc2c1=O. The third-order valence-corrected chi connectivity index (χ3v) is 5.11. The Morgan fingerprint density at radius 2 is 1.72 bits per heavy atom. The Morgan fingerprint density at radius 1 is 1.08 bits per heavy atom. The van der Waals surface area contributed by atoms with Crippen molar-refractivity contribution in [1.82, 2.24) is 9.55 Å². The third kappa shape index (κ3) is 3.44. The second kappa shape index (κ2) is 7.11. The molecule has 0 spiro atoms. The van der Waals surface area contributed by atoms with Crippen LogP contribution in [0.5, 0.6) is 0 Å². The van der Waals surface area contributed by atoms with Gasteiger partial charge in [0.2, 0.25) is 5.91 Å². The number of nitrogens with zero attached hydrogens (tertiary/aromatic N) is 2. The summed E-state index contributed by atoms with van der Waals surface area (Å²) in [6.07, 6.45) is 0. The van der Waals surface area contributed by atoms with Gasteiger partial charge in [-0.15, -0.1) is 0 Å². The van der Waals surface area contributed by atoms with Crippen LogP contribution in [0, 0.1) is 0 Å². The summed E-state index contributed by atoms with van der Waals surface area (Å²) in [6.45, 7) is 3.84. The number of aromatic nitrogens is 2. The molecule has 1 heterocycles. The summed E-state index contributed by atoms with van der Waals surface area (Å²) >= 11 is 1.21. The maximum Gasteiger partial charge on any atom is 0.262 e. The molecule has 1 atom stereocenters. The topological polar surface area (TPSA) is 78.0 Å². The van der Waals surface area contributed by atoms with Crippen LogP contribution < -0.4 is 11.3 Å². The van der Waals surface area contributed by atoms with Crippen LogP contribution in [-0.2, 0) is 4.79 Å². The van der Waals surface area contributed by atoms with E-state index in [-0.39, 0.29) is 11.6 Å². The molecule has 3 rings (SSSR count). The van der Waals surface area contributed by atoms with E-state index in [1.807, 2.05) is 56.3 Å². The Kier molecular flexibility index (Phi) is 4.90. The fourth-order valence-electron chi connectivity index (χ4n) is 2.69. The predicted octanol–water partition coefficient (Wildman–Crippen LogP) is 3.30. The first-order valence-electron chi connectivity index (χ1n) is 8.01. The lowest BCUT2D eigenvalue weighted by atomic mass is 10.1. The lowest BCUT2D eigenvalue weighted by molar-refractivity contribution is -0.117. The van der Waals surface area contributed by atoms with Gasteiger partial charge in [0.15, 0.2) is 5.16 Å². The summed E-state index contributed by atoms with van der Waals surface area (Å²) in [5.41, 5.74) is 6.91. The molecule has 3 aromatic rings. The Bertz CT molecular complexity index is 967. The Hall–Kier alpha value is -2.60. The van der Waals surface area contributed by atoms with Crippen molar-refractivity contribution in [2.24, 2.45) is 5.73 Å². The summed E-state index contributed by atoms with van der Waals surface area (Å²) < 4.78 is 1.62. The molecule has 0 aliphatic heterocycles. The molecule has 1 unspecified atom stereocenters. The highest BCUT2D eigenvalue weighted by Gasteiger charge is 2.23. The Labute approximate surface area is 149 Å². The number of nitrogens with two attached hydrogens (primary N) is 1. The summed E-state index contributed by atoms with van der Waals surface area (Å²) in [5, 5.41) is 0.446. The van der Waals surface area contributed by atoms with E-state index in [2.05, 4.69) is 4.98 Å². The maximum atomic E-state index is 12.9. The number of fused-ring (bicyclic) bond motifs is 1. The van der Waals surface area contributed by atoms with E-state index in [4.69, 9.17) is 5.73 Å². The second-order valence-electron chi connectivity index (χ2n) is 5.99. The molecule has 0 bridgehead atoms. The van der Waals surface area contributed by atoms with E-state index in [0.29, 0.717) is 16.1 Å². The van der Waals surface area contributed by atoms with E-state index >= 15 is 0 Å². The van der Waals surface area contributed by atoms with E-state index in [1.54, 1.807) is 16.7 Å². The highest BCUT2D eigenvalue weighted by atomic mass is 32.2. The molecule has 0 fully saturated rings. The smallest absolute Gasteiger partial charge is 0.262 e. The van der Waals surface area contributed by atoms with Crippen LogP contribution in [0.2, 0.25) is 0 Å². The van der Waals surface area contributed by atoms with Crippen LogP contribution in [0.4, 0.5) is 0 Å². The van der Waals surface area contributed by atoms with Crippen molar-refractivity contribution < 1.29 is 4.79 Å². The van der Waals surface area contributed by atoms with Gasteiger partial charge < -0.3 is 5.73 Å². The first-order valence-corrected chi connectivity index (χ1v) is 8.89. The van der Waals surface area contributed by atoms with E-state index in [1.165, 1.54) is 11.8 Å². The van der Waals surface area contributed by atoms with Crippen molar-refractivity contribution in [1.29, 1.82) is 0 Å². The molecule has 0 radical (unpaired) electrons. The van der Waals surface area contributed by atoms with Crippen molar-refractivity contribution >= 4 is 28.6 Å². The minimum Gasteiger partial charge on any atom is -0.368 e. The van der Waals surface area contributed by atoms with Gasteiger partial charge in [0.1, 0.15) is 5.25 Å². The minimum absolute atomic E-state index is 0.0867. The van der Waals surface area contributed by atoms with Crippen molar-refractivity contribution in [3.63, 3.8) is 0 Å². The normalized spacial score (nSPS) is 12.4. The van der Waals surface area contributed by atoms with E-state index in [0.717, 1.165) is 5.56 Å². The van der Waals surface area contributed by atoms with Crippen molar-refractivity contribution in [2.75, 3.05) is 0 Å². The van der Waals surface area contributed by atoms with Gasteiger partial charge in [0, 0.05) is 6.04 Å². The number of rotatable bonds is 5. The first-order chi connectivity index (χ1) is 12.0. The minimum atomic E-state index is -0.612. The number of benzene rings is 2. The molecule has 2 N–H and O–H groups in total. The first kappa shape index (κ1) is 17.2. The van der Waals surface area contributed by atoms with Gasteiger partial charge >= 0.3 is 0 Å². The molecule has 2 aromatic carbocycles. The summed E-state index contributed by atoms with van der Waals surface area (Å²) in [4.78, 5) is 29.5. The third-order valence-electron chi connectivity index (χ3n) is 3.88. The molecular weight excluding hydrogens is 334 g/mol. The van der Waals surface area contributed by atoms with Crippen LogP contribution in [0.15, 0.2) is 64.5 Å². The molecular formula is C19H19N3O2S. The number of primary amides is 1. The largest absolute Gasteiger partial charge is 0.368 e. The number of para-hydroxylation sites is 1. The highest BCUT2D eigenvalue weighted by molar-refractivity contribution is 8.00. The van der Waals surface area contributed by atoms with E-state index in [9.17, 15) is 9.59 Å². The maximum absolute atomic E-state index is 12.9. The zero-order valence-corrected chi connectivity index (χ0v) is 14.9. The summed E-state index contributed by atoms with van der Waals surface area (Å²) in [7, 11) is 0. The zero-order valence-electron chi connectivity index (χ0n) is 14.0. The predicted molar refractivity (Wildman–Crippen MR) is 101 cm³/mol. The zero-order chi connectivity index (χ0) is 18.0. The number of carbonyl (C=O) groups is 1. The van der Waals surface area contributed by atoms with Gasteiger partial charge in [-0.3, -0.25) is 14.2 Å². The average Bonchev–Trinajstić information content (AvgIpc) is 2.60.